The van der Waals surface area contributed by atoms with Crippen molar-refractivity contribution < 1.29 is 9.47 Å². The van der Waals surface area contributed by atoms with E-state index in [4.69, 9.17) is 9.47 Å². The van der Waals surface area contributed by atoms with Crippen LogP contribution in [0.2, 0.25) is 0 Å². The lowest BCUT2D eigenvalue weighted by atomic mass is 9.80. The fourth-order valence-electron chi connectivity index (χ4n) is 6.19. The van der Waals surface area contributed by atoms with Gasteiger partial charge in [0.05, 0.1) is 0 Å². The Morgan fingerprint density at radius 1 is 0.273 bits per heavy atom. The number of hydrogen-bond acceptors (Lipinski definition) is 2. The topological polar surface area (TPSA) is 18.5 Å². The number of hydrogen-bond donors (Lipinski definition) is 0. The van der Waals surface area contributed by atoms with Gasteiger partial charge >= 0.3 is 0 Å². The number of ether oxygens (including phenoxy) is 2. The van der Waals surface area contributed by atoms with Gasteiger partial charge in [-0.15, -0.1) is 0 Å². The zero-order valence-electron chi connectivity index (χ0n) is 25.0. The Morgan fingerprint density at radius 3 is 0.636 bits per heavy atom. The van der Waals surface area contributed by atoms with Crippen LogP contribution in [0.15, 0.2) is 182 Å². The van der Waals surface area contributed by atoms with Crippen molar-refractivity contribution in [2.24, 2.45) is 0 Å². The molecule has 0 aliphatic carbocycles. The molecule has 0 N–H and O–H groups in total. The summed E-state index contributed by atoms with van der Waals surface area (Å²) < 4.78 is 14.0. The molecule has 6 aromatic carbocycles. The predicted molar refractivity (Wildman–Crippen MR) is 180 cm³/mol. The second-order valence-electron chi connectivity index (χ2n) is 11.0. The molecule has 0 saturated carbocycles. The van der Waals surface area contributed by atoms with E-state index in [0.29, 0.717) is 13.2 Å². The molecular weight excluding hydrogens is 536 g/mol. The van der Waals surface area contributed by atoms with Crippen molar-refractivity contribution in [3.05, 3.63) is 215 Å². The first-order chi connectivity index (χ1) is 21.8. The van der Waals surface area contributed by atoms with E-state index in [1.807, 2.05) is 0 Å². The summed E-state index contributed by atoms with van der Waals surface area (Å²) in [6.45, 7) is 1.16. The van der Waals surface area contributed by atoms with E-state index in [-0.39, 0.29) is 0 Å². The van der Waals surface area contributed by atoms with E-state index in [9.17, 15) is 0 Å². The minimum absolute atomic E-state index is 0.580. The van der Waals surface area contributed by atoms with Gasteiger partial charge in [-0.05, 0) is 46.2 Å². The minimum atomic E-state index is -0.716. The maximum atomic E-state index is 7.02. The average molecular weight is 575 g/mol. The highest BCUT2D eigenvalue weighted by molar-refractivity contribution is 5.48. The van der Waals surface area contributed by atoms with Crippen molar-refractivity contribution in [1.82, 2.24) is 0 Å². The largest absolute Gasteiger partial charge is 0.361 e. The summed E-state index contributed by atoms with van der Waals surface area (Å²) in [4.78, 5) is 0. The van der Waals surface area contributed by atoms with Crippen LogP contribution < -0.4 is 0 Å². The highest BCUT2D eigenvalue weighted by Gasteiger charge is 2.38. The van der Waals surface area contributed by atoms with Gasteiger partial charge in [0.1, 0.15) is 11.2 Å². The van der Waals surface area contributed by atoms with Crippen molar-refractivity contribution in [2.45, 2.75) is 24.0 Å². The monoisotopic (exact) mass is 574 g/mol. The van der Waals surface area contributed by atoms with Crippen molar-refractivity contribution in [2.75, 3.05) is 13.2 Å². The first-order valence-electron chi connectivity index (χ1n) is 15.4. The van der Waals surface area contributed by atoms with Gasteiger partial charge in [-0.1, -0.05) is 182 Å². The van der Waals surface area contributed by atoms with E-state index in [2.05, 4.69) is 182 Å². The molecule has 2 heteroatoms. The molecule has 44 heavy (non-hydrogen) atoms. The molecule has 0 unspecified atom stereocenters. The standard InChI is InChI=1S/C42H38O2/c1-7-21-35(22-8-1)41(36-23-9-2-10-24-36,37-25-11-3-12-26-37)43-33-19-20-34-44-42(38-27-13-4-14-28-38,39-29-15-5-16-30-39)40-31-17-6-18-32-40/h1-18,21-32H,19-20,33-34H2. The fourth-order valence-corrected chi connectivity index (χ4v) is 6.19. The molecule has 0 amide bonds. The molecule has 0 saturated heterocycles. The summed E-state index contributed by atoms with van der Waals surface area (Å²) in [5, 5.41) is 0. The van der Waals surface area contributed by atoms with Gasteiger partial charge < -0.3 is 9.47 Å². The third kappa shape index (κ3) is 6.01. The fraction of sp³-hybridized carbons (Fsp3) is 0.143. The molecule has 0 spiro atoms. The smallest absolute Gasteiger partial charge is 0.143 e. The summed E-state index contributed by atoms with van der Waals surface area (Å²) in [6, 6.07) is 63.3. The van der Waals surface area contributed by atoms with E-state index in [1.165, 1.54) is 0 Å². The first kappa shape index (κ1) is 29.3. The van der Waals surface area contributed by atoms with E-state index in [1.54, 1.807) is 0 Å². The number of rotatable bonds is 13. The Labute approximate surface area is 261 Å². The maximum absolute atomic E-state index is 7.02. The predicted octanol–water partition coefficient (Wildman–Crippen LogP) is 9.78. The van der Waals surface area contributed by atoms with E-state index in [0.717, 1.165) is 46.2 Å². The Morgan fingerprint density at radius 2 is 0.455 bits per heavy atom. The van der Waals surface area contributed by atoms with Crippen molar-refractivity contribution in [3.8, 4) is 0 Å². The second kappa shape index (κ2) is 14.1. The molecule has 0 aliphatic rings. The lowest BCUT2D eigenvalue weighted by molar-refractivity contribution is -0.00881. The summed E-state index contributed by atoms with van der Waals surface area (Å²) in [5.74, 6) is 0. The highest BCUT2D eigenvalue weighted by atomic mass is 16.5. The van der Waals surface area contributed by atoms with Gasteiger partial charge in [0.2, 0.25) is 0 Å². The van der Waals surface area contributed by atoms with Crippen molar-refractivity contribution in [1.29, 1.82) is 0 Å². The Bertz CT molecular complexity index is 1350. The van der Waals surface area contributed by atoms with Gasteiger partial charge in [-0.2, -0.15) is 0 Å². The number of benzene rings is 6. The van der Waals surface area contributed by atoms with Crippen LogP contribution in [-0.2, 0) is 20.7 Å². The Balaban J connectivity index is 1.26. The molecule has 6 rings (SSSR count). The van der Waals surface area contributed by atoms with Crippen LogP contribution >= 0.6 is 0 Å². The lowest BCUT2D eigenvalue weighted by Crippen LogP contribution is -2.34. The number of unbranched alkanes of at least 4 members (excludes halogenated alkanes) is 1. The van der Waals surface area contributed by atoms with E-state index >= 15 is 0 Å². The first-order valence-corrected chi connectivity index (χ1v) is 15.4. The van der Waals surface area contributed by atoms with Crippen LogP contribution in [0.5, 0.6) is 0 Å². The zero-order chi connectivity index (χ0) is 29.9. The molecule has 0 radical (unpaired) electrons. The van der Waals surface area contributed by atoms with Crippen LogP contribution in [-0.4, -0.2) is 13.2 Å². The highest BCUT2D eigenvalue weighted by Crippen LogP contribution is 2.42. The summed E-state index contributed by atoms with van der Waals surface area (Å²) >= 11 is 0. The van der Waals surface area contributed by atoms with Gasteiger partial charge in [0, 0.05) is 13.2 Å². The zero-order valence-corrected chi connectivity index (χ0v) is 25.0. The van der Waals surface area contributed by atoms with Gasteiger partial charge in [-0.3, -0.25) is 0 Å². The van der Waals surface area contributed by atoms with E-state index < -0.39 is 11.2 Å². The summed E-state index contributed by atoms with van der Waals surface area (Å²) in [5.41, 5.74) is 5.26. The SMILES string of the molecule is c1ccc(C(OCCCCOC(c2ccccc2)(c2ccccc2)c2ccccc2)(c2ccccc2)c2ccccc2)cc1. The molecule has 0 aliphatic heterocycles. The van der Waals surface area contributed by atoms with Crippen molar-refractivity contribution >= 4 is 0 Å². The molecule has 6 aromatic rings. The quantitative estimate of drug-likeness (QED) is 0.101. The molecule has 0 heterocycles. The van der Waals surface area contributed by atoms with Crippen LogP contribution in [0.3, 0.4) is 0 Å². The van der Waals surface area contributed by atoms with Crippen LogP contribution in [0.25, 0.3) is 0 Å². The summed E-state index contributed by atoms with van der Waals surface area (Å²) in [6.07, 6.45) is 1.70. The van der Waals surface area contributed by atoms with Gasteiger partial charge in [-0.25, -0.2) is 0 Å². The normalized spacial score (nSPS) is 11.7. The second-order valence-corrected chi connectivity index (χ2v) is 11.0. The van der Waals surface area contributed by atoms with Crippen LogP contribution in [0.1, 0.15) is 46.2 Å². The van der Waals surface area contributed by atoms with Crippen LogP contribution in [0, 0.1) is 0 Å². The third-order valence-electron chi connectivity index (χ3n) is 8.26. The Kier molecular flexibility index (Phi) is 9.42. The minimum Gasteiger partial charge on any atom is -0.361 e. The van der Waals surface area contributed by atoms with Crippen LogP contribution in [0.4, 0.5) is 0 Å². The molecular formula is C42H38O2. The molecule has 0 aromatic heterocycles. The molecule has 0 bridgehead atoms. The average Bonchev–Trinajstić information content (AvgIpc) is 3.12. The molecule has 0 atom stereocenters. The molecule has 2 nitrogen and oxygen atoms in total. The van der Waals surface area contributed by atoms with Gasteiger partial charge in [0.25, 0.3) is 0 Å². The molecule has 218 valence electrons. The third-order valence-corrected chi connectivity index (χ3v) is 8.26. The van der Waals surface area contributed by atoms with Gasteiger partial charge in [0.15, 0.2) is 0 Å². The Hall–Kier alpha value is -4.76. The van der Waals surface area contributed by atoms with Crippen molar-refractivity contribution in [3.63, 3.8) is 0 Å². The maximum Gasteiger partial charge on any atom is 0.143 e. The molecule has 0 fully saturated rings. The summed E-state index contributed by atoms with van der Waals surface area (Å²) in [7, 11) is 0. The lowest BCUT2D eigenvalue weighted by Gasteiger charge is -2.37.